The van der Waals surface area contributed by atoms with Crippen molar-refractivity contribution in [1.82, 2.24) is 10.9 Å². The van der Waals surface area contributed by atoms with Crippen LogP contribution in [-0.4, -0.2) is 11.8 Å². The highest BCUT2D eigenvalue weighted by molar-refractivity contribution is 6.30. The van der Waals surface area contributed by atoms with Gasteiger partial charge in [0.2, 0.25) is 0 Å². The van der Waals surface area contributed by atoms with Gasteiger partial charge < -0.3 is 4.42 Å². The fraction of sp³-hybridized carbons (Fsp3) is 0.125. The predicted molar refractivity (Wildman–Crippen MR) is 84.2 cm³/mol. The molecule has 0 aliphatic heterocycles. The number of aryl methyl sites for hydroxylation is 2. The summed E-state index contributed by atoms with van der Waals surface area (Å²) < 4.78 is 18.3. The first-order valence-electron chi connectivity index (χ1n) is 6.67. The Labute approximate surface area is 137 Å². The maximum atomic E-state index is 13.0. The van der Waals surface area contributed by atoms with Gasteiger partial charge >= 0.3 is 0 Å². The normalized spacial score (nSPS) is 10.8. The van der Waals surface area contributed by atoms with Crippen LogP contribution in [0.25, 0.3) is 6.08 Å². The van der Waals surface area contributed by atoms with Gasteiger partial charge in [0.15, 0.2) is 0 Å². The van der Waals surface area contributed by atoms with Gasteiger partial charge in [-0.2, -0.15) is 0 Å². The zero-order valence-corrected chi connectivity index (χ0v) is 13.2. The van der Waals surface area contributed by atoms with Crippen molar-refractivity contribution in [2.45, 2.75) is 13.8 Å². The van der Waals surface area contributed by atoms with E-state index in [0.29, 0.717) is 22.6 Å². The molecule has 0 spiro atoms. The van der Waals surface area contributed by atoms with Crippen LogP contribution in [0.3, 0.4) is 0 Å². The molecule has 23 heavy (non-hydrogen) atoms. The molecular weight excluding hydrogens is 323 g/mol. The summed E-state index contributed by atoms with van der Waals surface area (Å²) in [7, 11) is 0. The van der Waals surface area contributed by atoms with E-state index in [1.165, 1.54) is 30.4 Å². The molecular formula is C16H14ClFN2O3. The van der Waals surface area contributed by atoms with Gasteiger partial charge in [0.25, 0.3) is 11.8 Å². The standard InChI is InChI=1S/C16H14ClFN2O3/c1-9-7-12(10(2)23-9)16(22)20-19-15(21)6-4-11-3-5-14(18)13(17)8-11/h3-8H,1-2H3,(H,19,21)(H,20,22)/b6-4+. The van der Waals surface area contributed by atoms with Crippen LogP contribution in [-0.2, 0) is 4.79 Å². The van der Waals surface area contributed by atoms with Crippen molar-refractivity contribution in [3.8, 4) is 0 Å². The molecule has 1 aromatic heterocycles. The highest BCUT2D eigenvalue weighted by atomic mass is 35.5. The molecule has 2 rings (SSSR count). The number of rotatable bonds is 3. The molecule has 5 nitrogen and oxygen atoms in total. The number of benzene rings is 1. The van der Waals surface area contributed by atoms with Crippen LogP contribution >= 0.6 is 11.6 Å². The van der Waals surface area contributed by atoms with Gasteiger partial charge in [-0.1, -0.05) is 17.7 Å². The summed E-state index contributed by atoms with van der Waals surface area (Å²) in [4.78, 5) is 23.5. The van der Waals surface area contributed by atoms with Gasteiger partial charge in [0.1, 0.15) is 17.3 Å². The first kappa shape index (κ1) is 16.8. The average Bonchev–Trinajstić information content (AvgIpc) is 2.84. The minimum atomic E-state index is -0.545. The molecule has 0 saturated carbocycles. The fourth-order valence-corrected chi connectivity index (χ4v) is 2.06. The van der Waals surface area contributed by atoms with E-state index in [2.05, 4.69) is 10.9 Å². The number of halogens is 2. The maximum Gasteiger partial charge on any atom is 0.273 e. The lowest BCUT2D eigenvalue weighted by atomic mass is 10.2. The molecule has 2 aromatic rings. The molecule has 0 atom stereocenters. The Bertz CT molecular complexity index is 784. The van der Waals surface area contributed by atoms with E-state index in [0.717, 1.165) is 0 Å². The van der Waals surface area contributed by atoms with Gasteiger partial charge in [-0.15, -0.1) is 0 Å². The summed E-state index contributed by atoms with van der Waals surface area (Å²) in [6.45, 7) is 3.38. The maximum absolute atomic E-state index is 13.0. The van der Waals surface area contributed by atoms with Gasteiger partial charge in [-0.05, 0) is 43.7 Å². The number of furan rings is 1. The number of hydrogen-bond acceptors (Lipinski definition) is 3. The summed E-state index contributed by atoms with van der Waals surface area (Å²) in [5.74, 6) is -0.494. The van der Waals surface area contributed by atoms with E-state index in [-0.39, 0.29) is 5.02 Å². The Morgan fingerprint density at radius 1 is 1.22 bits per heavy atom. The van der Waals surface area contributed by atoms with Gasteiger partial charge in [-0.3, -0.25) is 20.4 Å². The van der Waals surface area contributed by atoms with Crippen molar-refractivity contribution in [2.75, 3.05) is 0 Å². The number of amides is 2. The number of carbonyl (C=O) groups is 2. The molecule has 0 fully saturated rings. The summed E-state index contributed by atoms with van der Waals surface area (Å²) >= 11 is 5.64. The first-order valence-corrected chi connectivity index (χ1v) is 7.05. The summed E-state index contributed by atoms with van der Waals surface area (Å²) in [5, 5.41) is -0.0355. The van der Waals surface area contributed by atoms with Crippen LogP contribution < -0.4 is 10.9 Å². The van der Waals surface area contributed by atoms with Crippen molar-refractivity contribution in [3.05, 3.63) is 63.8 Å². The Morgan fingerprint density at radius 3 is 2.57 bits per heavy atom. The zero-order chi connectivity index (χ0) is 17.0. The molecule has 2 amide bonds. The Kier molecular flexibility index (Phi) is 5.18. The van der Waals surface area contributed by atoms with Crippen molar-refractivity contribution in [2.24, 2.45) is 0 Å². The highest BCUT2D eigenvalue weighted by Crippen LogP contribution is 2.16. The molecule has 7 heteroatoms. The van der Waals surface area contributed by atoms with Crippen LogP contribution in [0.15, 0.2) is 34.8 Å². The van der Waals surface area contributed by atoms with E-state index in [4.69, 9.17) is 16.0 Å². The number of carbonyl (C=O) groups excluding carboxylic acids is 2. The molecule has 0 bridgehead atoms. The van der Waals surface area contributed by atoms with Gasteiger partial charge in [0.05, 0.1) is 10.6 Å². The van der Waals surface area contributed by atoms with Crippen LogP contribution in [0.2, 0.25) is 5.02 Å². The molecule has 0 aliphatic rings. The zero-order valence-electron chi connectivity index (χ0n) is 12.4. The van der Waals surface area contributed by atoms with E-state index in [1.807, 2.05) is 0 Å². The molecule has 0 unspecified atom stereocenters. The predicted octanol–water partition coefficient (Wildman–Crippen LogP) is 3.16. The topological polar surface area (TPSA) is 71.3 Å². The summed E-state index contributed by atoms with van der Waals surface area (Å²) in [6, 6.07) is 5.64. The SMILES string of the molecule is Cc1cc(C(=O)NNC(=O)/C=C/c2ccc(F)c(Cl)c2)c(C)o1. The third-order valence-electron chi connectivity index (χ3n) is 2.96. The lowest BCUT2D eigenvalue weighted by Crippen LogP contribution is -2.40. The van der Waals surface area contributed by atoms with Crippen LogP contribution in [0, 0.1) is 19.7 Å². The molecule has 1 aromatic carbocycles. The summed E-state index contributed by atoms with van der Waals surface area (Å²) in [5.41, 5.74) is 5.41. The van der Waals surface area contributed by atoms with Crippen molar-refractivity contribution >= 4 is 29.5 Å². The minimum absolute atomic E-state index is 0.0355. The third kappa shape index (κ3) is 4.43. The minimum Gasteiger partial charge on any atom is -0.466 e. The molecule has 120 valence electrons. The van der Waals surface area contributed by atoms with Crippen molar-refractivity contribution in [1.29, 1.82) is 0 Å². The smallest absolute Gasteiger partial charge is 0.273 e. The van der Waals surface area contributed by atoms with Crippen molar-refractivity contribution in [3.63, 3.8) is 0 Å². The molecule has 0 saturated heterocycles. The molecule has 1 heterocycles. The highest BCUT2D eigenvalue weighted by Gasteiger charge is 2.13. The monoisotopic (exact) mass is 336 g/mol. The Morgan fingerprint density at radius 2 is 1.96 bits per heavy atom. The number of hydrogen-bond donors (Lipinski definition) is 2. The van der Waals surface area contributed by atoms with E-state index in [9.17, 15) is 14.0 Å². The summed E-state index contributed by atoms with van der Waals surface area (Å²) in [6.07, 6.45) is 2.64. The van der Waals surface area contributed by atoms with Gasteiger partial charge in [0, 0.05) is 6.08 Å². The number of hydrazine groups is 1. The lowest BCUT2D eigenvalue weighted by Gasteiger charge is -2.04. The lowest BCUT2D eigenvalue weighted by molar-refractivity contribution is -0.117. The number of nitrogens with one attached hydrogen (secondary N) is 2. The Balaban J connectivity index is 1.92. The van der Waals surface area contributed by atoms with Gasteiger partial charge in [-0.25, -0.2) is 4.39 Å². The molecule has 2 N–H and O–H groups in total. The molecule has 0 aliphatic carbocycles. The Hall–Kier alpha value is -2.60. The quantitative estimate of drug-likeness (QED) is 0.668. The van der Waals surface area contributed by atoms with E-state index >= 15 is 0 Å². The molecule has 0 radical (unpaired) electrons. The van der Waals surface area contributed by atoms with Crippen molar-refractivity contribution < 1.29 is 18.4 Å². The van der Waals surface area contributed by atoms with Crippen LogP contribution in [0.5, 0.6) is 0 Å². The average molecular weight is 337 g/mol. The van der Waals surface area contributed by atoms with Crippen LogP contribution in [0.4, 0.5) is 4.39 Å². The first-order chi connectivity index (χ1) is 10.9. The van der Waals surface area contributed by atoms with Crippen LogP contribution in [0.1, 0.15) is 27.4 Å². The van der Waals surface area contributed by atoms with E-state index < -0.39 is 17.6 Å². The second kappa shape index (κ2) is 7.11. The second-order valence-electron chi connectivity index (χ2n) is 4.78. The fourth-order valence-electron chi connectivity index (χ4n) is 1.87. The second-order valence-corrected chi connectivity index (χ2v) is 5.18. The largest absolute Gasteiger partial charge is 0.466 e. The third-order valence-corrected chi connectivity index (χ3v) is 3.25. The van der Waals surface area contributed by atoms with E-state index in [1.54, 1.807) is 19.9 Å².